The lowest BCUT2D eigenvalue weighted by Gasteiger charge is -2.35. The molecule has 5 aromatic rings. The van der Waals surface area contributed by atoms with Crippen LogP contribution in [0, 0.1) is 29.3 Å². The number of nitrogens with zero attached hydrogens (tertiary/aromatic N) is 5. The lowest BCUT2D eigenvalue weighted by atomic mass is 9.84. The number of hydrogen-bond acceptors (Lipinski definition) is 6. The Bertz CT molecular complexity index is 1790. The maximum Gasteiger partial charge on any atom is 0.323 e. The first-order valence-corrected chi connectivity index (χ1v) is 12.8. The molecule has 0 amide bonds. The molecule has 2 heterocycles. The van der Waals surface area contributed by atoms with Crippen LogP contribution in [0.3, 0.4) is 0 Å². The number of alkyl halides is 2. The third-order valence-corrected chi connectivity index (χ3v) is 6.61. The normalized spacial score (nSPS) is 12.7. The standard InChI is InChI=1S/C30H19ClF5N5O2/c31-22-7-6-21(26(33)13-22)16-43-24-9-3-19(4-10-24)1-2-20-5-12-28(37-15-20)30(35,36)29(42,17-41-18-38-39-40-41)25-11-8-23(32)14-27(25)34/h3-15,18,42H,16-17H2. The fourth-order valence-electron chi connectivity index (χ4n) is 4.11. The molecule has 0 aliphatic heterocycles. The summed E-state index contributed by atoms with van der Waals surface area (Å²) in [7, 11) is 0. The van der Waals surface area contributed by atoms with E-state index in [0.717, 1.165) is 35.4 Å². The topological polar surface area (TPSA) is 86.0 Å². The molecule has 0 aliphatic carbocycles. The molecule has 0 fully saturated rings. The third kappa shape index (κ3) is 6.48. The highest BCUT2D eigenvalue weighted by Crippen LogP contribution is 2.46. The van der Waals surface area contributed by atoms with Crippen molar-refractivity contribution in [3.05, 3.63) is 136 Å². The molecule has 0 bridgehead atoms. The van der Waals surface area contributed by atoms with Crippen LogP contribution in [0.5, 0.6) is 5.75 Å². The first kappa shape index (κ1) is 29.6. The van der Waals surface area contributed by atoms with E-state index in [1.165, 1.54) is 18.2 Å². The van der Waals surface area contributed by atoms with Gasteiger partial charge in [0, 0.05) is 39.5 Å². The lowest BCUT2D eigenvalue weighted by molar-refractivity contribution is -0.207. The number of rotatable bonds is 8. The molecule has 5 rings (SSSR count). The number of aliphatic hydroxyl groups is 1. The van der Waals surface area contributed by atoms with Crippen molar-refractivity contribution in [1.82, 2.24) is 25.2 Å². The van der Waals surface area contributed by atoms with Crippen molar-refractivity contribution in [2.45, 2.75) is 24.7 Å². The fraction of sp³-hybridized carbons (Fsp3) is 0.133. The Morgan fingerprint density at radius 1 is 0.884 bits per heavy atom. The first-order valence-electron chi connectivity index (χ1n) is 12.5. The van der Waals surface area contributed by atoms with Gasteiger partial charge in [0.1, 0.15) is 41.8 Å². The van der Waals surface area contributed by atoms with Gasteiger partial charge in [0.05, 0.1) is 6.54 Å². The van der Waals surface area contributed by atoms with E-state index in [2.05, 4.69) is 32.4 Å². The van der Waals surface area contributed by atoms with Crippen LogP contribution in [0.25, 0.3) is 0 Å². The molecule has 2 aromatic heterocycles. The third-order valence-electron chi connectivity index (χ3n) is 6.38. The minimum Gasteiger partial charge on any atom is -0.489 e. The smallest absolute Gasteiger partial charge is 0.323 e. The zero-order valence-electron chi connectivity index (χ0n) is 21.9. The summed E-state index contributed by atoms with van der Waals surface area (Å²) >= 11 is 5.76. The summed E-state index contributed by atoms with van der Waals surface area (Å²) in [4.78, 5) is 3.78. The maximum absolute atomic E-state index is 15.9. The molecule has 218 valence electrons. The summed E-state index contributed by atoms with van der Waals surface area (Å²) in [6.07, 6.45) is 2.04. The molecule has 0 aliphatic rings. The van der Waals surface area contributed by atoms with Crippen LogP contribution >= 0.6 is 11.6 Å². The minimum atomic E-state index is -4.19. The van der Waals surface area contributed by atoms with E-state index < -0.39 is 46.8 Å². The molecule has 3 aromatic carbocycles. The zero-order chi connectivity index (χ0) is 30.6. The van der Waals surface area contributed by atoms with Crippen molar-refractivity contribution in [1.29, 1.82) is 0 Å². The van der Waals surface area contributed by atoms with E-state index in [9.17, 15) is 18.3 Å². The van der Waals surface area contributed by atoms with E-state index >= 15 is 8.78 Å². The van der Waals surface area contributed by atoms with Crippen LogP contribution in [-0.4, -0.2) is 30.3 Å². The number of tetrazole rings is 1. The van der Waals surface area contributed by atoms with Crippen molar-refractivity contribution in [2.75, 3.05) is 0 Å². The average Bonchev–Trinajstić information content (AvgIpc) is 3.49. The molecule has 1 atom stereocenters. The Morgan fingerprint density at radius 2 is 1.63 bits per heavy atom. The highest BCUT2D eigenvalue weighted by Gasteiger charge is 2.58. The highest BCUT2D eigenvalue weighted by molar-refractivity contribution is 6.30. The molecule has 7 nitrogen and oxygen atoms in total. The number of ether oxygens (including phenoxy) is 1. The second-order valence-corrected chi connectivity index (χ2v) is 9.73. The maximum atomic E-state index is 15.9. The average molecular weight is 612 g/mol. The van der Waals surface area contributed by atoms with Crippen LogP contribution in [-0.2, 0) is 24.7 Å². The second kappa shape index (κ2) is 12.2. The van der Waals surface area contributed by atoms with Crippen molar-refractivity contribution in [3.63, 3.8) is 0 Å². The van der Waals surface area contributed by atoms with Crippen LogP contribution in [0.4, 0.5) is 22.0 Å². The van der Waals surface area contributed by atoms with Gasteiger partial charge in [-0.2, -0.15) is 8.78 Å². The summed E-state index contributed by atoms with van der Waals surface area (Å²) in [6, 6.07) is 15.0. The van der Waals surface area contributed by atoms with Crippen molar-refractivity contribution < 1.29 is 31.8 Å². The van der Waals surface area contributed by atoms with E-state index in [1.54, 1.807) is 30.3 Å². The number of benzene rings is 3. The van der Waals surface area contributed by atoms with E-state index in [0.29, 0.717) is 22.9 Å². The van der Waals surface area contributed by atoms with E-state index in [-0.39, 0.29) is 17.2 Å². The van der Waals surface area contributed by atoms with Crippen molar-refractivity contribution in [2.24, 2.45) is 0 Å². The molecule has 43 heavy (non-hydrogen) atoms. The summed E-state index contributed by atoms with van der Waals surface area (Å²) < 4.78 is 80.2. The molecule has 0 saturated heterocycles. The van der Waals surface area contributed by atoms with Gasteiger partial charge in [0.25, 0.3) is 0 Å². The summed E-state index contributed by atoms with van der Waals surface area (Å²) in [5.74, 6) is -0.922. The van der Waals surface area contributed by atoms with Gasteiger partial charge < -0.3 is 9.84 Å². The van der Waals surface area contributed by atoms with Crippen LogP contribution in [0.1, 0.15) is 27.9 Å². The highest BCUT2D eigenvalue weighted by atomic mass is 35.5. The van der Waals surface area contributed by atoms with Gasteiger partial charge in [0.2, 0.25) is 0 Å². The number of aromatic nitrogens is 5. The molecule has 0 radical (unpaired) electrons. The van der Waals surface area contributed by atoms with Gasteiger partial charge in [0.15, 0.2) is 5.60 Å². The Balaban J connectivity index is 1.33. The van der Waals surface area contributed by atoms with Gasteiger partial charge in [-0.05, 0) is 71.1 Å². The predicted molar refractivity (Wildman–Crippen MR) is 144 cm³/mol. The van der Waals surface area contributed by atoms with Gasteiger partial charge in [-0.1, -0.05) is 29.5 Å². The minimum absolute atomic E-state index is 0.00463. The molecular weight excluding hydrogens is 593 g/mol. The van der Waals surface area contributed by atoms with Gasteiger partial charge in [-0.3, -0.25) is 4.98 Å². The zero-order valence-corrected chi connectivity index (χ0v) is 22.6. The number of halogens is 6. The second-order valence-electron chi connectivity index (χ2n) is 9.30. The van der Waals surface area contributed by atoms with Gasteiger partial charge in [-0.15, -0.1) is 5.10 Å². The number of hydrogen-bond donors (Lipinski definition) is 1. The molecule has 13 heteroatoms. The fourth-order valence-corrected chi connectivity index (χ4v) is 4.27. The van der Waals surface area contributed by atoms with Crippen LogP contribution in [0.2, 0.25) is 5.02 Å². The van der Waals surface area contributed by atoms with Crippen LogP contribution < -0.4 is 4.74 Å². The SMILES string of the molecule is OC(Cn1cnnn1)(c1ccc(F)cc1F)C(F)(F)c1ccc(C#Cc2ccc(OCc3ccc(Cl)cc3F)cc2)cn1. The van der Waals surface area contributed by atoms with E-state index in [4.69, 9.17) is 16.3 Å². The lowest BCUT2D eigenvalue weighted by Crippen LogP contribution is -2.48. The largest absolute Gasteiger partial charge is 0.489 e. The molecule has 1 unspecified atom stereocenters. The summed E-state index contributed by atoms with van der Waals surface area (Å²) in [5, 5.41) is 21.7. The Kier molecular flexibility index (Phi) is 8.38. The van der Waals surface area contributed by atoms with Crippen LogP contribution in [0.15, 0.2) is 85.3 Å². The van der Waals surface area contributed by atoms with Crippen molar-refractivity contribution in [3.8, 4) is 17.6 Å². The summed E-state index contributed by atoms with van der Waals surface area (Å²) in [6.45, 7) is -0.970. The summed E-state index contributed by atoms with van der Waals surface area (Å²) in [5.41, 5.74) is -3.82. The molecule has 0 saturated carbocycles. The molecule has 0 spiro atoms. The monoisotopic (exact) mass is 611 g/mol. The quantitative estimate of drug-likeness (QED) is 0.176. The van der Waals surface area contributed by atoms with Gasteiger partial charge in [-0.25, -0.2) is 17.9 Å². The van der Waals surface area contributed by atoms with E-state index in [1.807, 2.05) is 0 Å². The molecule has 1 N–H and O–H groups in total. The Morgan fingerprint density at radius 3 is 2.28 bits per heavy atom. The van der Waals surface area contributed by atoms with Gasteiger partial charge >= 0.3 is 5.92 Å². The van der Waals surface area contributed by atoms with Crippen molar-refractivity contribution >= 4 is 11.6 Å². The number of pyridine rings is 1. The Hall–Kier alpha value is -4.86. The molecular formula is C30H19ClF5N5O2. The Labute approximate surface area is 246 Å². The predicted octanol–water partition coefficient (Wildman–Crippen LogP) is 5.80. The first-order chi connectivity index (χ1) is 20.5.